The van der Waals surface area contributed by atoms with E-state index in [1.54, 1.807) is 12.1 Å². The van der Waals surface area contributed by atoms with Crippen molar-refractivity contribution < 1.29 is 24.2 Å². The number of anilines is 1. The molecule has 180 valence electrons. The lowest BCUT2D eigenvalue weighted by Gasteiger charge is -2.14. The van der Waals surface area contributed by atoms with Gasteiger partial charge in [0.2, 0.25) is 5.91 Å². The summed E-state index contributed by atoms with van der Waals surface area (Å²) in [5.74, 6) is -1.39. The number of ether oxygens (including phenoxy) is 1. The summed E-state index contributed by atoms with van der Waals surface area (Å²) in [5.41, 5.74) is 4.93. The molecule has 1 aliphatic rings. The number of fused-ring (bicyclic) bond motifs is 3. The van der Waals surface area contributed by atoms with Crippen molar-refractivity contribution in [1.29, 1.82) is 0 Å². The van der Waals surface area contributed by atoms with Crippen molar-refractivity contribution in [2.24, 2.45) is 0 Å². The Morgan fingerprint density at radius 2 is 1.57 bits per heavy atom. The summed E-state index contributed by atoms with van der Waals surface area (Å²) in [7, 11) is 0. The lowest BCUT2D eigenvalue weighted by Crippen LogP contribution is -2.27. The van der Waals surface area contributed by atoms with Crippen molar-refractivity contribution in [3.8, 4) is 11.1 Å². The Balaban J connectivity index is 1.19. The number of nitrogens with one attached hydrogen (secondary N) is 2. The van der Waals surface area contributed by atoms with Crippen molar-refractivity contribution in [2.75, 3.05) is 18.5 Å². The SMILES string of the molecule is O=C(CCCCNC(=O)OCC1c2ccccc2-c2ccccc21)Nc1cc(Br)ccc1C(=O)O. The first-order valence-corrected chi connectivity index (χ1v) is 12.1. The molecule has 2 amide bonds. The number of carboxylic acids is 1. The van der Waals surface area contributed by atoms with Gasteiger partial charge in [0.25, 0.3) is 0 Å². The molecule has 3 N–H and O–H groups in total. The molecule has 0 spiro atoms. The van der Waals surface area contributed by atoms with E-state index >= 15 is 0 Å². The van der Waals surface area contributed by atoms with Crippen molar-refractivity contribution in [3.05, 3.63) is 87.9 Å². The van der Waals surface area contributed by atoms with Gasteiger partial charge in [-0.15, -0.1) is 0 Å². The van der Waals surface area contributed by atoms with E-state index in [4.69, 9.17) is 4.74 Å². The first-order valence-electron chi connectivity index (χ1n) is 11.4. The maximum atomic E-state index is 12.2. The number of carbonyl (C=O) groups is 3. The number of halogens is 1. The van der Waals surface area contributed by atoms with Gasteiger partial charge >= 0.3 is 12.1 Å². The highest BCUT2D eigenvalue weighted by Crippen LogP contribution is 2.44. The maximum absolute atomic E-state index is 12.2. The van der Waals surface area contributed by atoms with Gasteiger partial charge in [0.05, 0.1) is 11.3 Å². The number of rotatable bonds is 9. The number of hydrogen-bond donors (Lipinski definition) is 3. The maximum Gasteiger partial charge on any atom is 0.407 e. The van der Waals surface area contributed by atoms with Crippen LogP contribution in [0.1, 0.15) is 46.7 Å². The molecule has 0 saturated heterocycles. The molecular weight excluding hydrogens is 512 g/mol. The van der Waals surface area contributed by atoms with E-state index in [1.165, 1.54) is 17.2 Å². The molecule has 0 atom stereocenters. The van der Waals surface area contributed by atoms with Crippen LogP contribution in [0.5, 0.6) is 0 Å². The average Bonchev–Trinajstić information content (AvgIpc) is 3.16. The molecular formula is C27H25BrN2O5. The smallest absolute Gasteiger partial charge is 0.407 e. The third-order valence-corrected chi connectivity index (χ3v) is 6.42. The monoisotopic (exact) mass is 536 g/mol. The molecule has 35 heavy (non-hydrogen) atoms. The zero-order chi connectivity index (χ0) is 24.8. The van der Waals surface area contributed by atoms with E-state index in [1.807, 2.05) is 24.3 Å². The van der Waals surface area contributed by atoms with Crippen molar-refractivity contribution in [3.63, 3.8) is 0 Å². The molecule has 3 aromatic carbocycles. The van der Waals surface area contributed by atoms with Crippen LogP contribution >= 0.6 is 15.9 Å². The predicted octanol–water partition coefficient (Wildman–Crippen LogP) is 5.79. The Bertz CT molecular complexity index is 1210. The third kappa shape index (κ3) is 5.89. The zero-order valence-corrected chi connectivity index (χ0v) is 20.5. The van der Waals surface area contributed by atoms with Gasteiger partial charge in [0.1, 0.15) is 6.61 Å². The first kappa shape index (κ1) is 24.5. The van der Waals surface area contributed by atoms with Crippen molar-refractivity contribution in [2.45, 2.75) is 25.2 Å². The summed E-state index contributed by atoms with van der Waals surface area (Å²) in [6.45, 7) is 0.627. The van der Waals surface area contributed by atoms with Crippen LogP contribution in [0.15, 0.2) is 71.2 Å². The Morgan fingerprint density at radius 3 is 2.23 bits per heavy atom. The normalized spacial score (nSPS) is 11.9. The minimum Gasteiger partial charge on any atom is -0.478 e. The molecule has 1 aliphatic carbocycles. The number of alkyl carbamates (subject to hydrolysis) is 1. The second-order valence-corrected chi connectivity index (χ2v) is 9.17. The lowest BCUT2D eigenvalue weighted by atomic mass is 9.98. The number of carbonyl (C=O) groups excluding carboxylic acids is 2. The number of unbranched alkanes of at least 4 members (excludes halogenated alkanes) is 1. The van der Waals surface area contributed by atoms with E-state index < -0.39 is 12.1 Å². The van der Waals surface area contributed by atoms with Gasteiger partial charge in [-0.05, 0) is 53.3 Å². The number of aromatic carboxylic acids is 1. The van der Waals surface area contributed by atoms with Crippen LogP contribution in [0.4, 0.5) is 10.5 Å². The molecule has 0 aliphatic heterocycles. The first-order chi connectivity index (χ1) is 16.9. The van der Waals surface area contributed by atoms with Crippen molar-refractivity contribution in [1.82, 2.24) is 5.32 Å². The highest BCUT2D eigenvalue weighted by molar-refractivity contribution is 9.10. The topological polar surface area (TPSA) is 105 Å². The molecule has 0 fully saturated rings. The van der Waals surface area contributed by atoms with Gasteiger partial charge in [-0.3, -0.25) is 4.79 Å². The minimum atomic E-state index is -1.11. The molecule has 0 bridgehead atoms. The fourth-order valence-corrected chi connectivity index (χ4v) is 4.63. The second kappa shape index (κ2) is 11.2. The Hall–Kier alpha value is -3.65. The zero-order valence-electron chi connectivity index (χ0n) is 18.9. The Labute approximate surface area is 211 Å². The Kier molecular flexibility index (Phi) is 7.82. The molecule has 0 heterocycles. The lowest BCUT2D eigenvalue weighted by molar-refractivity contribution is -0.116. The number of benzene rings is 3. The molecule has 0 radical (unpaired) electrons. The van der Waals surface area contributed by atoms with Gasteiger partial charge < -0.3 is 20.5 Å². The summed E-state index contributed by atoms with van der Waals surface area (Å²) in [5, 5.41) is 14.6. The highest BCUT2D eigenvalue weighted by atomic mass is 79.9. The van der Waals surface area contributed by atoms with Gasteiger partial charge in [0, 0.05) is 23.4 Å². The Morgan fingerprint density at radius 1 is 0.914 bits per heavy atom. The number of amides is 2. The predicted molar refractivity (Wildman–Crippen MR) is 137 cm³/mol. The van der Waals surface area contributed by atoms with Gasteiger partial charge in [-0.25, -0.2) is 9.59 Å². The largest absolute Gasteiger partial charge is 0.478 e. The molecule has 0 aromatic heterocycles. The van der Waals surface area contributed by atoms with Crippen LogP contribution in [0.3, 0.4) is 0 Å². The standard InChI is InChI=1S/C27H25BrN2O5/c28-17-12-13-22(26(32)33)24(15-17)30-25(31)11-5-6-14-29-27(34)35-16-23-20-9-3-1-7-18(20)19-8-2-4-10-21(19)23/h1-4,7-10,12-13,15,23H,5-6,11,14,16H2,(H,29,34)(H,30,31)(H,32,33). The number of carboxylic acid groups (broad SMARTS) is 1. The third-order valence-electron chi connectivity index (χ3n) is 5.93. The van der Waals surface area contributed by atoms with Crippen LogP contribution < -0.4 is 10.6 Å². The summed E-state index contributed by atoms with van der Waals surface area (Å²) in [4.78, 5) is 35.8. The van der Waals surface area contributed by atoms with E-state index in [0.717, 1.165) is 11.1 Å². The fourth-order valence-electron chi connectivity index (χ4n) is 4.27. The summed E-state index contributed by atoms with van der Waals surface area (Å²) in [6, 6.07) is 20.9. The van der Waals surface area contributed by atoms with E-state index in [0.29, 0.717) is 23.9 Å². The van der Waals surface area contributed by atoms with Gasteiger partial charge in [-0.2, -0.15) is 0 Å². The van der Waals surface area contributed by atoms with Crippen LogP contribution in [0.2, 0.25) is 0 Å². The van der Waals surface area contributed by atoms with Crippen LogP contribution in [-0.4, -0.2) is 36.2 Å². The minimum absolute atomic E-state index is 0.00515. The summed E-state index contributed by atoms with van der Waals surface area (Å²) in [6.07, 6.45) is 0.836. The van der Waals surface area contributed by atoms with Crippen LogP contribution in [0, 0.1) is 0 Å². The molecule has 3 aromatic rings. The fraction of sp³-hybridized carbons (Fsp3) is 0.222. The van der Waals surface area contributed by atoms with Crippen LogP contribution in [-0.2, 0) is 9.53 Å². The van der Waals surface area contributed by atoms with Gasteiger partial charge in [-0.1, -0.05) is 64.5 Å². The molecule has 0 unspecified atom stereocenters. The number of hydrogen-bond acceptors (Lipinski definition) is 4. The van der Waals surface area contributed by atoms with Crippen molar-refractivity contribution >= 4 is 39.6 Å². The average molecular weight is 537 g/mol. The summed E-state index contributed by atoms with van der Waals surface area (Å²) >= 11 is 3.28. The van der Waals surface area contributed by atoms with E-state index in [2.05, 4.69) is 50.8 Å². The van der Waals surface area contributed by atoms with E-state index in [-0.39, 0.29) is 36.1 Å². The quantitative estimate of drug-likeness (QED) is 0.300. The highest BCUT2D eigenvalue weighted by Gasteiger charge is 2.28. The molecule has 8 heteroatoms. The summed E-state index contributed by atoms with van der Waals surface area (Å²) < 4.78 is 6.18. The molecule has 0 saturated carbocycles. The second-order valence-electron chi connectivity index (χ2n) is 8.25. The molecule has 4 rings (SSSR count). The van der Waals surface area contributed by atoms with E-state index in [9.17, 15) is 19.5 Å². The van der Waals surface area contributed by atoms with Gasteiger partial charge in [0.15, 0.2) is 0 Å². The van der Waals surface area contributed by atoms with Crippen LogP contribution in [0.25, 0.3) is 11.1 Å². The molecule has 7 nitrogen and oxygen atoms in total.